The summed E-state index contributed by atoms with van der Waals surface area (Å²) in [7, 11) is -4.52. The number of carbonyl (C=O) groups excluding carboxylic acids is 1. The molecule has 1 aliphatic heterocycles. The van der Waals surface area contributed by atoms with Gasteiger partial charge in [0.2, 0.25) is 5.82 Å². The van der Waals surface area contributed by atoms with Crippen molar-refractivity contribution in [2.45, 2.75) is 43.8 Å². The first kappa shape index (κ1) is 31.0. The maximum atomic E-state index is 14.8. The van der Waals surface area contributed by atoms with E-state index in [-0.39, 0.29) is 39.0 Å². The molecular formula is C31H26F4N5O5S+. The molecule has 15 heteroatoms. The highest BCUT2D eigenvalue weighted by Gasteiger charge is 2.34. The lowest BCUT2D eigenvalue weighted by Crippen LogP contribution is -2.91. The minimum Gasteiger partial charge on any atom is -0.307 e. The monoisotopic (exact) mass is 656 g/mol. The molecular weight excluding hydrogens is 630 g/mol. The molecule has 1 aromatic heterocycles. The number of aromatic nitrogens is 2. The minimum absolute atomic E-state index is 0.00345. The van der Waals surface area contributed by atoms with E-state index in [2.05, 4.69) is 10.0 Å². The van der Waals surface area contributed by atoms with E-state index in [0.717, 1.165) is 32.7 Å². The Morgan fingerprint density at radius 3 is 2.33 bits per heavy atom. The molecule has 2 aliphatic rings. The molecule has 0 bridgehead atoms. The van der Waals surface area contributed by atoms with Crippen LogP contribution < -0.4 is 37.2 Å². The highest BCUT2D eigenvalue weighted by atomic mass is 32.2. The Labute approximate surface area is 258 Å². The predicted molar refractivity (Wildman–Crippen MR) is 160 cm³/mol. The van der Waals surface area contributed by atoms with Crippen molar-refractivity contribution in [3.05, 3.63) is 115 Å². The summed E-state index contributed by atoms with van der Waals surface area (Å²) in [6, 6.07) is 12.6. The smallest absolute Gasteiger partial charge is 0.307 e. The van der Waals surface area contributed by atoms with Crippen LogP contribution in [0.1, 0.15) is 36.9 Å². The molecule has 0 radical (unpaired) electrons. The molecule has 238 valence electrons. The molecule has 4 aromatic rings. The van der Waals surface area contributed by atoms with Gasteiger partial charge in [0.15, 0.2) is 0 Å². The summed E-state index contributed by atoms with van der Waals surface area (Å²) >= 11 is 0. The second-order valence-electron chi connectivity index (χ2n) is 11.1. The lowest BCUT2D eigenvalue weighted by atomic mass is 10.1. The predicted octanol–water partition coefficient (Wildman–Crippen LogP) is 2.05. The van der Waals surface area contributed by atoms with Gasteiger partial charge >= 0.3 is 17.8 Å². The SMILES string of the molecule is CC1=c2c(c(=O)n(C3CC3)c(=O)n2-c2cccc(NS(=O)(=O)c3cccc(C(F)(F)F)c3)c2)=C(Nc2ccc(C)cc2F)[NH2+]C1=O. The van der Waals surface area contributed by atoms with E-state index in [1.54, 1.807) is 13.0 Å². The van der Waals surface area contributed by atoms with E-state index in [1.807, 2.05) is 0 Å². The Morgan fingerprint density at radius 1 is 0.935 bits per heavy atom. The Bertz CT molecular complexity index is 2310. The number of alkyl halides is 3. The van der Waals surface area contributed by atoms with Gasteiger partial charge < -0.3 is 5.32 Å². The minimum atomic E-state index is -4.77. The molecule has 46 heavy (non-hydrogen) atoms. The van der Waals surface area contributed by atoms with Crippen LogP contribution in [0, 0.1) is 12.7 Å². The Morgan fingerprint density at radius 2 is 1.65 bits per heavy atom. The summed E-state index contributed by atoms with van der Waals surface area (Å²) in [5.41, 5.74) is -1.96. The number of nitrogens with two attached hydrogens (primary N) is 1. The number of quaternary nitrogens is 1. The van der Waals surface area contributed by atoms with Gasteiger partial charge in [-0.2, -0.15) is 13.2 Å². The first-order valence-corrected chi connectivity index (χ1v) is 15.5. The first-order chi connectivity index (χ1) is 21.7. The molecule has 1 fully saturated rings. The number of nitrogens with one attached hydrogen (secondary N) is 2. The summed E-state index contributed by atoms with van der Waals surface area (Å²) in [6.45, 7) is 3.13. The van der Waals surface area contributed by atoms with E-state index < -0.39 is 55.7 Å². The van der Waals surface area contributed by atoms with Crippen LogP contribution in [0.5, 0.6) is 0 Å². The number of hydrogen-bond acceptors (Lipinski definition) is 6. The third-order valence-electron chi connectivity index (χ3n) is 7.69. The maximum absolute atomic E-state index is 14.8. The third-order valence-corrected chi connectivity index (χ3v) is 9.07. The number of hydrogen-bond donors (Lipinski definition) is 3. The molecule has 1 aliphatic carbocycles. The van der Waals surface area contributed by atoms with Crippen molar-refractivity contribution in [3.63, 3.8) is 0 Å². The van der Waals surface area contributed by atoms with Crippen LogP contribution in [-0.4, -0.2) is 23.5 Å². The average Bonchev–Trinajstić information content (AvgIpc) is 3.82. The number of sulfonamides is 1. The number of fused-ring (bicyclic) bond motifs is 1. The fraction of sp³-hybridized carbons (Fsp3) is 0.194. The molecule has 0 spiro atoms. The topological polar surface area (TPSA) is 136 Å². The lowest BCUT2D eigenvalue weighted by molar-refractivity contribution is -0.471. The number of amides is 1. The van der Waals surface area contributed by atoms with Crippen LogP contribution >= 0.6 is 0 Å². The number of benzene rings is 3. The zero-order valence-electron chi connectivity index (χ0n) is 24.3. The molecule has 0 saturated heterocycles. The van der Waals surface area contributed by atoms with Crippen molar-refractivity contribution in [1.29, 1.82) is 0 Å². The second-order valence-corrected chi connectivity index (χ2v) is 12.8. The normalized spacial score (nSPS) is 15.1. The van der Waals surface area contributed by atoms with Crippen LogP contribution in [0.15, 0.2) is 81.2 Å². The molecule has 0 atom stereocenters. The molecule has 3 aromatic carbocycles. The van der Waals surface area contributed by atoms with E-state index in [9.17, 15) is 40.4 Å². The van der Waals surface area contributed by atoms with Gasteiger partial charge in [0.25, 0.3) is 15.6 Å². The Hall–Kier alpha value is -5.02. The molecule has 10 nitrogen and oxygen atoms in total. The van der Waals surface area contributed by atoms with Gasteiger partial charge in [-0.1, -0.05) is 18.2 Å². The largest absolute Gasteiger partial charge is 0.416 e. The van der Waals surface area contributed by atoms with Crippen LogP contribution in [0.3, 0.4) is 0 Å². The van der Waals surface area contributed by atoms with Crippen molar-refractivity contribution < 1.29 is 36.1 Å². The second kappa shape index (κ2) is 11.1. The van der Waals surface area contributed by atoms with Crippen molar-refractivity contribution in [3.8, 4) is 5.69 Å². The zero-order chi connectivity index (χ0) is 33.1. The lowest BCUT2D eigenvalue weighted by Gasteiger charge is -2.18. The number of carbonyl (C=O) groups is 1. The van der Waals surface area contributed by atoms with Gasteiger partial charge in [-0.3, -0.25) is 18.7 Å². The zero-order valence-corrected chi connectivity index (χ0v) is 25.1. The Balaban J connectivity index is 1.55. The standard InChI is InChI=1S/C31H25F4N5O5S/c1-16-9-12-24(23(32)13-16)36-27-25-26(17(2)28(41)37-27)39(30(43)40(29(25)42)20-10-11-20)21-7-4-6-19(15-21)38-46(44,45)22-8-3-5-18(14-22)31(33,34)35/h3-9,12-15,20,38H,10-11H2,1-2H3,(H2,36,37,41)/p+1. The molecule has 6 rings (SSSR count). The van der Waals surface area contributed by atoms with Crippen LogP contribution in [0.25, 0.3) is 17.1 Å². The van der Waals surface area contributed by atoms with Crippen molar-refractivity contribution in [2.75, 3.05) is 10.0 Å². The van der Waals surface area contributed by atoms with Crippen molar-refractivity contribution in [2.24, 2.45) is 0 Å². The van der Waals surface area contributed by atoms with Crippen molar-refractivity contribution >= 4 is 38.7 Å². The fourth-order valence-electron chi connectivity index (χ4n) is 5.27. The number of rotatable bonds is 7. The van der Waals surface area contributed by atoms with E-state index in [0.29, 0.717) is 24.5 Å². The molecule has 1 amide bonds. The molecule has 1 saturated carbocycles. The van der Waals surface area contributed by atoms with Crippen LogP contribution in [0.2, 0.25) is 0 Å². The number of halogens is 4. The third kappa shape index (κ3) is 5.63. The summed E-state index contributed by atoms with van der Waals surface area (Å²) < 4.78 is 85.2. The average molecular weight is 657 g/mol. The van der Waals surface area contributed by atoms with Gasteiger partial charge in [-0.05, 0) is 80.8 Å². The summed E-state index contributed by atoms with van der Waals surface area (Å²) in [5, 5.41) is 3.87. The number of primary amides is 1. The maximum Gasteiger partial charge on any atom is 0.416 e. The fourth-order valence-corrected chi connectivity index (χ4v) is 6.37. The highest BCUT2D eigenvalue weighted by molar-refractivity contribution is 7.92. The number of anilines is 2. The highest BCUT2D eigenvalue weighted by Crippen LogP contribution is 2.32. The van der Waals surface area contributed by atoms with E-state index >= 15 is 0 Å². The van der Waals surface area contributed by atoms with Gasteiger partial charge in [-0.15, -0.1) is 0 Å². The van der Waals surface area contributed by atoms with Crippen LogP contribution in [-0.2, 0) is 21.0 Å². The summed E-state index contributed by atoms with van der Waals surface area (Å²) in [6.07, 6.45) is -3.67. The molecule has 2 heterocycles. The van der Waals surface area contributed by atoms with E-state index in [4.69, 9.17) is 0 Å². The van der Waals surface area contributed by atoms with Gasteiger partial charge in [0, 0.05) is 6.04 Å². The molecule has 4 N–H and O–H groups in total. The first-order valence-electron chi connectivity index (χ1n) is 14.0. The van der Waals surface area contributed by atoms with Gasteiger partial charge in [-0.25, -0.2) is 27.7 Å². The molecule has 0 unspecified atom stereocenters. The number of nitrogens with zero attached hydrogens (tertiary/aromatic N) is 2. The van der Waals surface area contributed by atoms with Crippen molar-refractivity contribution in [1.82, 2.24) is 9.13 Å². The van der Waals surface area contributed by atoms with Crippen LogP contribution in [0.4, 0.5) is 28.9 Å². The Kier molecular flexibility index (Phi) is 7.48. The van der Waals surface area contributed by atoms with E-state index in [1.165, 1.54) is 43.3 Å². The number of aryl methyl sites for hydroxylation is 1. The quantitative estimate of drug-likeness (QED) is 0.261. The summed E-state index contributed by atoms with van der Waals surface area (Å²) in [5.74, 6) is -1.21. The summed E-state index contributed by atoms with van der Waals surface area (Å²) in [4.78, 5) is 40.4. The van der Waals surface area contributed by atoms with Gasteiger partial charge in [0.05, 0.1) is 38.4 Å². The van der Waals surface area contributed by atoms with Gasteiger partial charge in [0.1, 0.15) is 11.0 Å².